The maximum absolute atomic E-state index is 5.70. The third-order valence-electron chi connectivity index (χ3n) is 2.59. The summed E-state index contributed by atoms with van der Waals surface area (Å²) in [4.78, 5) is 4.27. The Kier molecular flexibility index (Phi) is 4.22. The van der Waals surface area contributed by atoms with Crippen molar-refractivity contribution in [1.29, 1.82) is 0 Å². The summed E-state index contributed by atoms with van der Waals surface area (Å²) in [6, 6.07) is 7.66. The molecule has 2 rings (SSSR count). The quantitative estimate of drug-likeness (QED) is 0.897. The van der Waals surface area contributed by atoms with Crippen molar-refractivity contribution >= 4 is 0 Å². The number of furan rings is 1. The molecule has 0 saturated carbocycles. The first kappa shape index (κ1) is 13.6. The summed E-state index contributed by atoms with van der Waals surface area (Å²) in [5, 5.41) is 3.43. The predicted molar refractivity (Wildman–Crippen MR) is 73.9 cm³/mol. The van der Waals surface area contributed by atoms with Crippen LogP contribution in [0, 0.1) is 0 Å². The lowest BCUT2D eigenvalue weighted by atomic mass is 10.1. The van der Waals surface area contributed by atoms with Gasteiger partial charge in [0.15, 0.2) is 0 Å². The van der Waals surface area contributed by atoms with Gasteiger partial charge in [0.1, 0.15) is 12.4 Å². The standard InChI is InChI=1S/C15H20N2O2/c1-15(2,3)17-10-12-6-4-8-16-14(12)19-11-13-7-5-9-18-13/h4-9,17H,10-11H2,1-3H3. The van der Waals surface area contributed by atoms with Gasteiger partial charge in [-0.1, -0.05) is 6.07 Å². The molecular formula is C15H20N2O2. The molecule has 0 radical (unpaired) electrons. The zero-order valence-corrected chi connectivity index (χ0v) is 11.6. The molecule has 0 unspecified atom stereocenters. The summed E-state index contributed by atoms with van der Waals surface area (Å²) in [6.45, 7) is 7.52. The highest BCUT2D eigenvalue weighted by atomic mass is 16.5. The summed E-state index contributed by atoms with van der Waals surface area (Å²) in [5.41, 5.74) is 1.11. The number of rotatable bonds is 5. The van der Waals surface area contributed by atoms with Gasteiger partial charge in [-0.2, -0.15) is 0 Å². The molecule has 0 saturated heterocycles. The van der Waals surface area contributed by atoms with Crippen LogP contribution in [0.1, 0.15) is 32.1 Å². The summed E-state index contributed by atoms with van der Waals surface area (Å²) in [6.07, 6.45) is 3.37. The molecule has 2 heterocycles. The summed E-state index contributed by atoms with van der Waals surface area (Å²) < 4.78 is 10.9. The highest BCUT2D eigenvalue weighted by Gasteiger charge is 2.11. The smallest absolute Gasteiger partial charge is 0.218 e. The number of aromatic nitrogens is 1. The largest absolute Gasteiger partial charge is 0.469 e. The maximum Gasteiger partial charge on any atom is 0.218 e. The van der Waals surface area contributed by atoms with Crippen LogP contribution in [0.4, 0.5) is 0 Å². The van der Waals surface area contributed by atoms with Gasteiger partial charge in [0.25, 0.3) is 0 Å². The second kappa shape index (κ2) is 5.89. The van der Waals surface area contributed by atoms with E-state index in [1.807, 2.05) is 24.3 Å². The lowest BCUT2D eigenvalue weighted by molar-refractivity contribution is 0.256. The van der Waals surface area contributed by atoms with E-state index in [0.717, 1.165) is 17.9 Å². The van der Waals surface area contributed by atoms with Gasteiger partial charge in [-0.25, -0.2) is 4.98 Å². The monoisotopic (exact) mass is 260 g/mol. The van der Waals surface area contributed by atoms with Crippen molar-refractivity contribution in [2.24, 2.45) is 0 Å². The van der Waals surface area contributed by atoms with Crippen LogP contribution in [-0.4, -0.2) is 10.5 Å². The van der Waals surface area contributed by atoms with Crippen molar-refractivity contribution in [2.45, 2.75) is 39.5 Å². The van der Waals surface area contributed by atoms with Gasteiger partial charge >= 0.3 is 0 Å². The number of nitrogens with one attached hydrogen (secondary N) is 1. The number of hydrogen-bond acceptors (Lipinski definition) is 4. The minimum atomic E-state index is 0.0636. The van der Waals surface area contributed by atoms with E-state index in [4.69, 9.17) is 9.15 Å². The molecule has 4 nitrogen and oxygen atoms in total. The van der Waals surface area contributed by atoms with Crippen molar-refractivity contribution in [2.75, 3.05) is 0 Å². The van der Waals surface area contributed by atoms with Gasteiger partial charge in [-0.05, 0) is 39.0 Å². The van der Waals surface area contributed by atoms with Gasteiger partial charge in [-0.3, -0.25) is 0 Å². The van der Waals surface area contributed by atoms with E-state index in [1.54, 1.807) is 12.5 Å². The Morgan fingerprint density at radius 2 is 2.11 bits per heavy atom. The maximum atomic E-state index is 5.70. The molecule has 0 aliphatic carbocycles. The third kappa shape index (κ3) is 4.41. The van der Waals surface area contributed by atoms with E-state index in [2.05, 4.69) is 31.1 Å². The summed E-state index contributed by atoms with van der Waals surface area (Å²) in [7, 11) is 0. The van der Waals surface area contributed by atoms with Crippen LogP contribution in [0.25, 0.3) is 0 Å². The molecule has 0 atom stereocenters. The molecule has 0 bridgehead atoms. The van der Waals surface area contributed by atoms with Crippen LogP contribution in [-0.2, 0) is 13.2 Å². The van der Waals surface area contributed by atoms with E-state index >= 15 is 0 Å². The molecule has 0 aliphatic rings. The van der Waals surface area contributed by atoms with Crippen molar-refractivity contribution in [3.8, 4) is 5.88 Å². The highest BCUT2D eigenvalue weighted by Crippen LogP contribution is 2.17. The van der Waals surface area contributed by atoms with Crippen molar-refractivity contribution in [3.05, 3.63) is 48.0 Å². The summed E-state index contributed by atoms with van der Waals surface area (Å²) in [5.74, 6) is 1.44. The average molecular weight is 260 g/mol. The zero-order valence-electron chi connectivity index (χ0n) is 11.6. The molecule has 0 aromatic carbocycles. The fraction of sp³-hybridized carbons (Fsp3) is 0.400. The predicted octanol–water partition coefficient (Wildman–Crippen LogP) is 3.14. The van der Waals surface area contributed by atoms with Crippen LogP contribution >= 0.6 is 0 Å². The summed E-state index contributed by atoms with van der Waals surface area (Å²) >= 11 is 0. The van der Waals surface area contributed by atoms with Crippen molar-refractivity contribution in [1.82, 2.24) is 10.3 Å². The fourth-order valence-corrected chi connectivity index (χ4v) is 1.58. The van der Waals surface area contributed by atoms with Crippen LogP contribution in [0.2, 0.25) is 0 Å². The first-order valence-electron chi connectivity index (χ1n) is 6.39. The SMILES string of the molecule is CC(C)(C)NCc1cccnc1OCc1ccco1. The van der Waals surface area contributed by atoms with Gasteiger partial charge < -0.3 is 14.5 Å². The van der Waals surface area contributed by atoms with Gasteiger partial charge in [-0.15, -0.1) is 0 Å². The Labute approximate surface area is 113 Å². The minimum absolute atomic E-state index is 0.0636. The molecule has 2 aromatic heterocycles. The normalized spacial score (nSPS) is 11.5. The molecule has 2 aromatic rings. The lowest BCUT2D eigenvalue weighted by Crippen LogP contribution is -2.35. The van der Waals surface area contributed by atoms with Gasteiger partial charge in [0.05, 0.1) is 6.26 Å². The van der Waals surface area contributed by atoms with Gasteiger partial charge in [0.2, 0.25) is 5.88 Å². The first-order valence-corrected chi connectivity index (χ1v) is 6.39. The minimum Gasteiger partial charge on any atom is -0.469 e. The molecule has 102 valence electrons. The number of ether oxygens (including phenoxy) is 1. The van der Waals surface area contributed by atoms with Crippen LogP contribution in [0.3, 0.4) is 0 Å². The molecule has 4 heteroatoms. The lowest BCUT2D eigenvalue weighted by Gasteiger charge is -2.21. The van der Waals surface area contributed by atoms with E-state index in [0.29, 0.717) is 12.5 Å². The Balaban J connectivity index is 1.99. The molecule has 0 fully saturated rings. The van der Waals surface area contributed by atoms with Gasteiger partial charge in [0, 0.05) is 23.8 Å². The Bertz CT molecular complexity index is 501. The van der Waals surface area contributed by atoms with Crippen LogP contribution in [0.5, 0.6) is 5.88 Å². The molecular weight excluding hydrogens is 240 g/mol. The zero-order chi connectivity index (χ0) is 13.7. The first-order chi connectivity index (χ1) is 9.04. The average Bonchev–Trinajstić information content (AvgIpc) is 2.87. The molecule has 19 heavy (non-hydrogen) atoms. The number of hydrogen-bond donors (Lipinski definition) is 1. The number of pyridine rings is 1. The Morgan fingerprint density at radius 1 is 1.26 bits per heavy atom. The number of nitrogens with zero attached hydrogens (tertiary/aromatic N) is 1. The van der Waals surface area contributed by atoms with E-state index in [1.165, 1.54) is 0 Å². The highest BCUT2D eigenvalue weighted by molar-refractivity contribution is 5.25. The third-order valence-corrected chi connectivity index (χ3v) is 2.59. The Hall–Kier alpha value is -1.81. The second-order valence-corrected chi connectivity index (χ2v) is 5.44. The molecule has 0 aliphatic heterocycles. The Morgan fingerprint density at radius 3 is 2.79 bits per heavy atom. The fourth-order valence-electron chi connectivity index (χ4n) is 1.58. The molecule has 1 N–H and O–H groups in total. The van der Waals surface area contributed by atoms with Crippen LogP contribution in [0.15, 0.2) is 41.1 Å². The van der Waals surface area contributed by atoms with E-state index < -0.39 is 0 Å². The van der Waals surface area contributed by atoms with E-state index in [9.17, 15) is 0 Å². The molecule has 0 spiro atoms. The topological polar surface area (TPSA) is 47.3 Å². The van der Waals surface area contributed by atoms with Crippen molar-refractivity contribution < 1.29 is 9.15 Å². The van der Waals surface area contributed by atoms with E-state index in [-0.39, 0.29) is 5.54 Å². The van der Waals surface area contributed by atoms with Crippen LogP contribution < -0.4 is 10.1 Å². The van der Waals surface area contributed by atoms with Crippen molar-refractivity contribution in [3.63, 3.8) is 0 Å². The molecule has 0 amide bonds. The second-order valence-electron chi connectivity index (χ2n) is 5.44.